The van der Waals surface area contributed by atoms with Gasteiger partial charge in [0.15, 0.2) is 6.79 Å². The standard InChI is InChI=1S/C6H10O6/c7-2-4(6(10)11)1-5(9)12-3-8/h4,7-8H,1-3H2,(H,10,11). The maximum Gasteiger partial charge on any atom is 0.309 e. The topological polar surface area (TPSA) is 104 Å². The van der Waals surface area contributed by atoms with Crippen molar-refractivity contribution in [2.75, 3.05) is 13.4 Å². The second kappa shape index (κ2) is 5.50. The van der Waals surface area contributed by atoms with Gasteiger partial charge in [0.2, 0.25) is 0 Å². The van der Waals surface area contributed by atoms with Crippen LogP contribution in [0.3, 0.4) is 0 Å². The van der Waals surface area contributed by atoms with Crippen molar-refractivity contribution in [1.82, 2.24) is 0 Å². The van der Waals surface area contributed by atoms with Crippen molar-refractivity contribution in [1.29, 1.82) is 0 Å². The van der Waals surface area contributed by atoms with E-state index in [4.69, 9.17) is 15.3 Å². The SMILES string of the molecule is O=C(CC(CO)C(=O)O)OCO. The number of aliphatic hydroxyl groups excluding tert-OH is 2. The van der Waals surface area contributed by atoms with Crippen LogP contribution in [0.1, 0.15) is 6.42 Å². The first-order chi connectivity index (χ1) is 5.61. The molecule has 0 fully saturated rings. The fourth-order valence-corrected chi connectivity index (χ4v) is 0.562. The number of rotatable bonds is 5. The number of esters is 1. The Hall–Kier alpha value is -1.14. The van der Waals surface area contributed by atoms with E-state index in [1.165, 1.54) is 0 Å². The summed E-state index contributed by atoms with van der Waals surface area (Å²) in [6, 6.07) is 0. The van der Waals surface area contributed by atoms with Gasteiger partial charge in [-0.15, -0.1) is 0 Å². The summed E-state index contributed by atoms with van der Waals surface area (Å²) in [7, 11) is 0. The number of carbonyl (C=O) groups excluding carboxylic acids is 1. The van der Waals surface area contributed by atoms with E-state index in [0.29, 0.717) is 0 Å². The average molecular weight is 178 g/mol. The molecular weight excluding hydrogens is 168 g/mol. The molecule has 0 bridgehead atoms. The Morgan fingerprint density at radius 1 is 1.33 bits per heavy atom. The van der Waals surface area contributed by atoms with Gasteiger partial charge in [0, 0.05) is 0 Å². The lowest BCUT2D eigenvalue weighted by Gasteiger charge is -2.06. The van der Waals surface area contributed by atoms with Crippen molar-refractivity contribution < 1.29 is 29.6 Å². The van der Waals surface area contributed by atoms with Gasteiger partial charge < -0.3 is 20.1 Å². The molecule has 0 radical (unpaired) electrons. The smallest absolute Gasteiger partial charge is 0.309 e. The number of carboxylic acid groups (broad SMARTS) is 1. The first kappa shape index (κ1) is 10.9. The average Bonchev–Trinajstić information content (AvgIpc) is 2.00. The molecule has 0 aliphatic carbocycles. The summed E-state index contributed by atoms with van der Waals surface area (Å²) in [5.74, 6) is -3.28. The molecule has 6 nitrogen and oxygen atoms in total. The highest BCUT2D eigenvalue weighted by molar-refractivity contribution is 5.78. The zero-order valence-electron chi connectivity index (χ0n) is 6.27. The molecule has 12 heavy (non-hydrogen) atoms. The summed E-state index contributed by atoms with van der Waals surface area (Å²) in [5.41, 5.74) is 0. The molecule has 0 aliphatic rings. The lowest BCUT2D eigenvalue weighted by Crippen LogP contribution is -2.22. The molecule has 0 heterocycles. The monoisotopic (exact) mass is 178 g/mol. The third-order valence-corrected chi connectivity index (χ3v) is 1.21. The normalized spacial score (nSPS) is 12.2. The Morgan fingerprint density at radius 2 is 1.92 bits per heavy atom. The number of carbonyl (C=O) groups is 2. The first-order valence-corrected chi connectivity index (χ1v) is 3.22. The Kier molecular flexibility index (Phi) is 4.98. The van der Waals surface area contributed by atoms with E-state index in [0.717, 1.165) is 0 Å². The van der Waals surface area contributed by atoms with Crippen molar-refractivity contribution in [3.63, 3.8) is 0 Å². The third-order valence-electron chi connectivity index (χ3n) is 1.21. The second-order valence-electron chi connectivity index (χ2n) is 2.07. The lowest BCUT2D eigenvalue weighted by atomic mass is 10.1. The van der Waals surface area contributed by atoms with Gasteiger partial charge in [0.25, 0.3) is 0 Å². The number of hydrogen-bond donors (Lipinski definition) is 3. The largest absolute Gasteiger partial charge is 0.481 e. The fraction of sp³-hybridized carbons (Fsp3) is 0.667. The molecule has 0 saturated carbocycles. The van der Waals surface area contributed by atoms with Crippen LogP contribution in [0.4, 0.5) is 0 Å². The number of aliphatic hydroxyl groups is 2. The van der Waals surface area contributed by atoms with Gasteiger partial charge in [0.1, 0.15) is 0 Å². The van der Waals surface area contributed by atoms with E-state index in [2.05, 4.69) is 4.74 Å². The van der Waals surface area contributed by atoms with Crippen LogP contribution in [0.2, 0.25) is 0 Å². The van der Waals surface area contributed by atoms with Gasteiger partial charge in [0.05, 0.1) is 18.9 Å². The maximum atomic E-state index is 10.6. The van der Waals surface area contributed by atoms with Crippen molar-refractivity contribution in [2.45, 2.75) is 6.42 Å². The summed E-state index contributed by atoms with van der Waals surface area (Å²) >= 11 is 0. The summed E-state index contributed by atoms with van der Waals surface area (Å²) in [5, 5.41) is 24.9. The van der Waals surface area contributed by atoms with Gasteiger partial charge in [-0.05, 0) is 0 Å². The second-order valence-corrected chi connectivity index (χ2v) is 2.07. The molecule has 0 saturated heterocycles. The summed E-state index contributed by atoms with van der Waals surface area (Å²) in [6.45, 7) is -1.41. The predicted molar refractivity (Wildman–Crippen MR) is 36.0 cm³/mol. The summed E-state index contributed by atoms with van der Waals surface area (Å²) in [6.07, 6.45) is -0.438. The lowest BCUT2D eigenvalue weighted by molar-refractivity contribution is -0.158. The number of hydrogen-bond acceptors (Lipinski definition) is 5. The van der Waals surface area contributed by atoms with Crippen LogP contribution < -0.4 is 0 Å². The van der Waals surface area contributed by atoms with Crippen LogP contribution in [0.15, 0.2) is 0 Å². The highest BCUT2D eigenvalue weighted by Crippen LogP contribution is 2.03. The molecule has 0 aromatic carbocycles. The zero-order valence-corrected chi connectivity index (χ0v) is 6.27. The van der Waals surface area contributed by atoms with Crippen molar-refractivity contribution in [2.24, 2.45) is 5.92 Å². The highest BCUT2D eigenvalue weighted by atomic mass is 16.6. The highest BCUT2D eigenvalue weighted by Gasteiger charge is 2.20. The zero-order chi connectivity index (χ0) is 9.56. The minimum absolute atomic E-state index is 0.438. The maximum absolute atomic E-state index is 10.6. The summed E-state index contributed by atoms with van der Waals surface area (Å²) in [4.78, 5) is 20.8. The van der Waals surface area contributed by atoms with E-state index in [1.54, 1.807) is 0 Å². The molecule has 0 aromatic rings. The number of ether oxygens (including phenoxy) is 1. The molecule has 0 spiro atoms. The first-order valence-electron chi connectivity index (χ1n) is 3.22. The molecule has 0 aliphatic heterocycles. The van der Waals surface area contributed by atoms with Crippen LogP contribution in [-0.2, 0) is 14.3 Å². The molecule has 1 unspecified atom stereocenters. The molecule has 6 heteroatoms. The molecule has 0 amide bonds. The van der Waals surface area contributed by atoms with Crippen molar-refractivity contribution in [3.8, 4) is 0 Å². The number of aliphatic carboxylic acids is 1. The fourth-order valence-electron chi connectivity index (χ4n) is 0.562. The Bertz CT molecular complexity index is 165. The van der Waals surface area contributed by atoms with Gasteiger partial charge >= 0.3 is 11.9 Å². The van der Waals surface area contributed by atoms with Crippen LogP contribution in [-0.4, -0.2) is 40.7 Å². The Morgan fingerprint density at radius 3 is 2.25 bits per heavy atom. The van der Waals surface area contributed by atoms with E-state index < -0.39 is 37.7 Å². The quantitative estimate of drug-likeness (QED) is 0.352. The molecule has 3 N–H and O–H groups in total. The van der Waals surface area contributed by atoms with E-state index >= 15 is 0 Å². The van der Waals surface area contributed by atoms with Crippen molar-refractivity contribution in [3.05, 3.63) is 0 Å². The van der Waals surface area contributed by atoms with Gasteiger partial charge in [-0.3, -0.25) is 9.59 Å². The molecule has 0 rings (SSSR count). The third kappa shape index (κ3) is 3.89. The van der Waals surface area contributed by atoms with Gasteiger partial charge in [-0.25, -0.2) is 0 Å². The van der Waals surface area contributed by atoms with Gasteiger partial charge in [-0.1, -0.05) is 0 Å². The summed E-state index contributed by atoms with van der Waals surface area (Å²) < 4.78 is 4.07. The van der Waals surface area contributed by atoms with E-state index in [1.807, 2.05) is 0 Å². The minimum atomic E-state index is -1.27. The van der Waals surface area contributed by atoms with Crippen LogP contribution in [0.5, 0.6) is 0 Å². The van der Waals surface area contributed by atoms with Crippen LogP contribution in [0.25, 0.3) is 0 Å². The molecule has 1 atom stereocenters. The van der Waals surface area contributed by atoms with Crippen molar-refractivity contribution >= 4 is 11.9 Å². The van der Waals surface area contributed by atoms with E-state index in [9.17, 15) is 9.59 Å². The molecule has 70 valence electrons. The molecule has 0 aromatic heterocycles. The Labute approximate surface area is 68.4 Å². The molecular formula is C6H10O6. The van der Waals surface area contributed by atoms with E-state index in [-0.39, 0.29) is 0 Å². The number of carboxylic acids is 1. The van der Waals surface area contributed by atoms with Crippen LogP contribution >= 0.6 is 0 Å². The Balaban J connectivity index is 3.85. The minimum Gasteiger partial charge on any atom is -0.481 e. The van der Waals surface area contributed by atoms with Gasteiger partial charge in [-0.2, -0.15) is 0 Å². The predicted octanol–water partition coefficient (Wildman–Crippen LogP) is -1.44. The van der Waals surface area contributed by atoms with Crippen LogP contribution in [0, 0.1) is 5.92 Å².